The van der Waals surface area contributed by atoms with Crippen molar-refractivity contribution >= 4 is 19.1 Å². The maximum Gasteiger partial charge on any atom is 0.658 e. The fourth-order valence-electron chi connectivity index (χ4n) is 1.75. The maximum atomic E-state index is 9.22. The molecule has 1 radical (unpaired) electrons. The molecule has 0 saturated carbocycles. The number of benzene rings is 2. The van der Waals surface area contributed by atoms with Crippen molar-refractivity contribution in [3.05, 3.63) is 47.5 Å². The third-order valence-electron chi connectivity index (χ3n) is 2.87. The summed E-state index contributed by atoms with van der Waals surface area (Å²) in [5.74, 6) is 0.791. The molecule has 2 aromatic carbocycles. The van der Waals surface area contributed by atoms with Gasteiger partial charge >= 0.3 is 7.69 Å². The van der Waals surface area contributed by atoms with Gasteiger partial charge in [-0.15, -0.1) is 0 Å². The molecule has 0 atom stereocenters. The van der Waals surface area contributed by atoms with E-state index < -0.39 is 0 Å². The van der Waals surface area contributed by atoms with E-state index in [9.17, 15) is 10.2 Å². The Morgan fingerprint density at radius 2 is 1.24 bits per heavy atom. The SMILES string of the molecule is Nc1ccc(CO)c(O[B]Oc2cc(N)ccc2CO)c1. The Morgan fingerprint density at radius 1 is 0.810 bits per heavy atom. The minimum atomic E-state index is -0.177. The van der Waals surface area contributed by atoms with Gasteiger partial charge in [-0.3, -0.25) is 0 Å². The van der Waals surface area contributed by atoms with E-state index in [1.807, 2.05) is 0 Å². The molecule has 6 nitrogen and oxygen atoms in total. The average molecular weight is 287 g/mol. The van der Waals surface area contributed by atoms with E-state index in [4.69, 9.17) is 20.8 Å². The molecule has 0 fully saturated rings. The lowest BCUT2D eigenvalue weighted by Crippen LogP contribution is -2.13. The van der Waals surface area contributed by atoms with Crippen LogP contribution >= 0.6 is 0 Å². The van der Waals surface area contributed by atoms with Gasteiger partial charge in [0.1, 0.15) is 11.5 Å². The molecule has 0 bridgehead atoms. The second-order valence-corrected chi connectivity index (χ2v) is 4.38. The topological polar surface area (TPSA) is 111 Å². The Kier molecular flexibility index (Phi) is 4.92. The first-order valence-corrected chi connectivity index (χ1v) is 6.27. The highest BCUT2D eigenvalue weighted by Gasteiger charge is 2.09. The number of rotatable bonds is 6. The van der Waals surface area contributed by atoms with Crippen LogP contribution in [0.3, 0.4) is 0 Å². The van der Waals surface area contributed by atoms with Crippen LogP contribution in [0.25, 0.3) is 0 Å². The number of aliphatic hydroxyl groups is 2. The summed E-state index contributed by atoms with van der Waals surface area (Å²) in [6.45, 7) is -0.354. The second kappa shape index (κ2) is 6.87. The second-order valence-electron chi connectivity index (χ2n) is 4.38. The van der Waals surface area contributed by atoms with E-state index in [1.165, 1.54) is 0 Å². The molecule has 0 aromatic heterocycles. The largest absolute Gasteiger partial charge is 0.658 e. The normalized spacial score (nSPS) is 10.2. The van der Waals surface area contributed by atoms with Crippen LogP contribution in [0.15, 0.2) is 36.4 Å². The van der Waals surface area contributed by atoms with E-state index in [0.717, 1.165) is 7.69 Å². The first-order chi connectivity index (χ1) is 10.1. The molecule has 21 heavy (non-hydrogen) atoms. The van der Waals surface area contributed by atoms with Gasteiger partial charge in [0, 0.05) is 34.6 Å². The summed E-state index contributed by atoms with van der Waals surface area (Å²) in [5, 5.41) is 18.4. The van der Waals surface area contributed by atoms with Gasteiger partial charge in [-0.1, -0.05) is 12.1 Å². The minimum absolute atomic E-state index is 0.177. The molecule has 0 aliphatic heterocycles. The molecule has 0 unspecified atom stereocenters. The zero-order chi connectivity index (χ0) is 15.2. The number of anilines is 2. The quantitative estimate of drug-likeness (QED) is 0.462. The van der Waals surface area contributed by atoms with Gasteiger partial charge in [0.2, 0.25) is 0 Å². The molecular formula is C14H16BN2O4. The van der Waals surface area contributed by atoms with E-state index >= 15 is 0 Å². The molecule has 0 aliphatic rings. The predicted molar refractivity (Wildman–Crippen MR) is 80.6 cm³/mol. The first kappa shape index (κ1) is 15.0. The first-order valence-electron chi connectivity index (χ1n) is 6.27. The molecular weight excluding hydrogens is 271 g/mol. The van der Waals surface area contributed by atoms with Gasteiger partial charge in [0.15, 0.2) is 0 Å². The summed E-state index contributed by atoms with van der Waals surface area (Å²) < 4.78 is 10.7. The molecule has 0 heterocycles. The van der Waals surface area contributed by atoms with Crippen molar-refractivity contribution in [2.75, 3.05) is 11.5 Å². The van der Waals surface area contributed by atoms with Crippen LogP contribution in [0.5, 0.6) is 11.5 Å². The summed E-state index contributed by atoms with van der Waals surface area (Å²) in [4.78, 5) is 0. The Bertz CT molecular complexity index is 568. The molecule has 7 heteroatoms. The fraction of sp³-hybridized carbons (Fsp3) is 0.143. The maximum absolute atomic E-state index is 9.22. The molecule has 0 aliphatic carbocycles. The summed E-state index contributed by atoms with van der Waals surface area (Å²) in [6, 6.07) is 9.83. The molecule has 6 N–H and O–H groups in total. The zero-order valence-electron chi connectivity index (χ0n) is 11.3. The van der Waals surface area contributed by atoms with Crippen LogP contribution in [-0.2, 0) is 13.2 Å². The summed E-state index contributed by atoms with van der Waals surface area (Å²) in [7, 11) is 1.10. The van der Waals surface area contributed by atoms with Gasteiger partial charge in [-0.05, 0) is 12.1 Å². The Hall–Kier alpha value is -2.38. The Labute approximate surface area is 123 Å². The highest BCUT2D eigenvalue weighted by atomic mass is 16.6. The third-order valence-corrected chi connectivity index (χ3v) is 2.87. The van der Waals surface area contributed by atoms with Gasteiger partial charge in [0.25, 0.3) is 0 Å². The Morgan fingerprint density at radius 3 is 1.62 bits per heavy atom. The lowest BCUT2D eigenvalue weighted by Gasteiger charge is -2.12. The van der Waals surface area contributed by atoms with Gasteiger partial charge in [0.05, 0.1) is 13.2 Å². The van der Waals surface area contributed by atoms with Crippen molar-refractivity contribution in [2.24, 2.45) is 0 Å². The molecule has 109 valence electrons. The van der Waals surface area contributed by atoms with Crippen LogP contribution in [0, 0.1) is 0 Å². The van der Waals surface area contributed by atoms with E-state index in [-0.39, 0.29) is 13.2 Å². The van der Waals surface area contributed by atoms with Crippen molar-refractivity contribution in [3.8, 4) is 11.5 Å². The zero-order valence-corrected chi connectivity index (χ0v) is 11.3. The lowest BCUT2D eigenvalue weighted by atomic mass is 10.1. The van der Waals surface area contributed by atoms with Crippen molar-refractivity contribution < 1.29 is 19.5 Å². The third kappa shape index (κ3) is 3.81. The standard InChI is InChI=1S/C14H16BN2O4/c16-11-3-1-9(7-18)13(5-11)20-15-21-14-6-12(17)4-2-10(14)8-19/h1-6,18-19H,7-8,16-17H2. The summed E-state index contributed by atoms with van der Waals surface area (Å²) >= 11 is 0. The summed E-state index contributed by atoms with van der Waals surface area (Å²) in [6.07, 6.45) is 0. The van der Waals surface area contributed by atoms with Crippen LogP contribution in [-0.4, -0.2) is 17.9 Å². The van der Waals surface area contributed by atoms with Gasteiger partial charge in [-0.25, -0.2) is 0 Å². The van der Waals surface area contributed by atoms with Crippen LogP contribution in [0.4, 0.5) is 11.4 Å². The van der Waals surface area contributed by atoms with Crippen LogP contribution < -0.4 is 20.8 Å². The number of nitrogens with two attached hydrogens (primary N) is 2. The van der Waals surface area contributed by atoms with Crippen LogP contribution in [0.2, 0.25) is 0 Å². The van der Waals surface area contributed by atoms with Gasteiger partial charge < -0.3 is 31.0 Å². The smallest absolute Gasteiger partial charge is 0.526 e. The van der Waals surface area contributed by atoms with Crippen molar-refractivity contribution in [2.45, 2.75) is 13.2 Å². The summed E-state index contributed by atoms with van der Waals surface area (Å²) in [5.41, 5.74) is 13.5. The number of aliphatic hydroxyl groups excluding tert-OH is 2. The number of hydrogen-bond donors (Lipinski definition) is 4. The average Bonchev–Trinajstić information content (AvgIpc) is 2.48. The molecule has 2 rings (SSSR count). The molecule has 0 spiro atoms. The van der Waals surface area contributed by atoms with Gasteiger partial charge in [-0.2, -0.15) is 0 Å². The van der Waals surface area contributed by atoms with E-state index in [1.54, 1.807) is 36.4 Å². The fourth-order valence-corrected chi connectivity index (χ4v) is 1.75. The Balaban J connectivity index is 2.05. The van der Waals surface area contributed by atoms with Crippen LogP contribution in [0.1, 0.15) is 11.1 Å². The van der Waals surface area contributed by atoms with E-state index in [2.05, 4.69) is 0 Å². The highest BCUT2D eigenvalue weighted by molar-refractivity contribution is 6.21. The molecule has 2 aromatic rings. The monoisotopic (exact) mass is 287 g/mol. The minimum Gasteiger partial charge on any atom is -0.526 e. The van der Waals surface area contributed by atoms with Crippen molar-refractivity contribution in [1.29, 1.82) is 0 Å². The number of hydrogen-bond acceptors (Lipinski definition) is 6. The van der Waals surface area contributed by atoms with Crippen molar-refractivity contribution in [3.63, 3.8) is 0 Å². The molecule has 0 amide bonds. The number of nitrogen functional groups attached to an aromatic ring is 2. The highest BCUT2D eigenvalue weighted by Crippen LogP contribution is 2.24. The van der Waals surface area contributed by atoms with Crippen molar-refractivity contribution in [1.82, 2.24) is 0 Å². The lowest BCUT2D eigenvalue weighted by molar-refractivity contribution is 0.275. The van der Waals surface area contributed by atoms with E-state index in [0.29, 0.717) is 34.0 Å². The predicted octanol–water partition coefficient (Wildman–Crippen LogP) is 0.828. The molecule has 0 saturated heterocycles.